The first-order valence-corrected chi connectivity index (χ1v) is 13.2. The molecule has 1 aliphatic carbocycles. The summed E-state index contributed by atoms with van der Waals surface area (Å²) in [6.45, 7) is 6.28. The summed E-state index contributed by atoms with van der Waals surface area (Å²) >= 11 is 0. The SMILES string of the molecule is CC.COC(Nc1cccnc1)c1ccc(-c2nc3ccc(C(=O)NC4CCC(C)CC4)cc3[nH]2)cc1. The number of nitrogens with one attached hydrogen (secondary N) is 3. The molecule has 194 valence electrons. The summed E-state index contributed by atoms with van der Waals surface area (Å²) < 4.78 is 5.63. The van der Waals surface area contributed by atoms with Gasteiger partial charge in [-0.05, 0) is 61.9 Å². The number of carbonyl (C=O) groups is 1. The standard InChI is InChI=1S/C28H31N5O2.C2H6/c1-18-5-12-22(13-6-18)30-27(34)21-11-14-24-25(16-21)33-26(32-24)19-7-9-20(10-8-19)28(35-2)31-23-4-3-15-29-17-23;1-2/h3-4,7-11,14-18,22,28,31H,5-6,12-13H2,1-2H3,(H,30,34)(H,32,33);1-2H3. The van der Waals surface area contributed by atoms with Crippen molar-refractivity contribution in [3.63, 3.8) is 0 Å². The first-order valence-electron chi connectivity index (χ1n) is 13.2. The minimum atomic E-state index is -0.294. The average Bonchev–Trinajstić information content (AvgIpc) is 3.38. The van der Waals surface area contributed by atoms with Gasteiger partial charge in [0, 0.05) is 36.0 Å². The number of pyridine rings is 1. The summed E-state index contributed by atoms with van der Waals surface area (Å²) in [5, 5.41) is 6.53. The molecule has 3 N–H and O–H groups in total. The number of aromatic amines is 1. The number of imidazole rings is 1. The van der Waals surface area contributed by atoms with Crippen LogP contribution in [0.2, 0.25) is 0 Å². The van der Waals surface area contributed by atoms with E-state index in [1.165, 1.54) is 12.8 Å². The number of ether oxygens (including phenoxy) is 1. The third-order valence-electron chi connectivity index (χ3n) is 6.78. The molecule has 4 aromatic rings. The lowest BCUT2D eigenvalue weighted by Gasteiger charge is -2.26. The van der Waals surface area contributed by atoms with Crippen LogP contribution in [-0.4, -0.2) is 34.0 Å². The molecule has 0 bridgehead atoms. The molecule has 1 saturated carbocycles. The first kappa shape index (κ1) is 26.4. The van der Waals surface area contributed by atoms with Crippen molar-refractivity contribution in [3.05, 3.63) is 78.1 Å². The smallest absolute Gasteiger partial charge is 0.251 e. The number of H-pyrrole nitrogens is 1. The molecule has 1 unspecified atom stereocenters. The second kappa shape index (κ2) is 12.5. The highest BCUT2D eigenvalue weighted by Crippen LogP contribution is 2.26. The lowest BCUT2D eigenvalue weighted by molar-refractivity contribution is 0.0923. The molecule has 0 radical (unpaired) electrons. The number of benzene rings is 2. The molecule has 0 aliphatic heterocycles. The van der Waals surface area contributed by atoms with Crippen molar-refractivity contribution in [1.82, 2.24) is 20.3 Å². The van der Waals surface area contributed by atoms with E-state index in [0.29, 0.717) is 5.56 Å². The summed E-state index contributed by atoms with van der Waals surface area (Å²) in [4.78, 5) is 25.0. The summed E-state index contributed by atoms with van der Waals surface area (Å²) in [6, 6.07) is 17.8. The number of carbonyl (C=O) groups excluding carboxylic acids is 1. The normalized spacial score (nSPS) is 17.9. The molecule has 1 fully saturated rings. The van der Waals surface area contributed by atoms with Crippen molar-refractivity contribution >= 4 is 22.6 Å². The highest BCUT2D eigenvalue weighted by Gasteiger charge is 2.20. The maximum Gasteiger partial charge on any atom is 0.251 e. The first-order chi connectivity index (χ1) is 18.1. The Hall–Kier alpha value is -3.71. The van der Waals surface area contributed by atoms with Gasteiger partial charge in [0.15, 0.2) is 6.23 Å². The molecule has 0 spiro atoms. The van der Waals surface area contributed by atoms with Crippen LogP contribution in [0.1, 0.15) is 68.6 Å². The molecule has 2 heterocycles. The van der Waals surface area contributed by atoms with E-state index in [1.807, 2.05) is 68.4 Å². The zero-order valence-corrected chi connectivity index (χ0v) is 22.1. The third-order valence-corrected chi connectivity index (χ3v) is 6.78. The van der Waals surface area contributed by atoms with Crippen molar-refractivity contribution < 1.29 is 9.53 Å². The van der Waals surface area contributed by atoms with E-state index in [4.69, 9.17) is 9.72 Å². The molecule has 2 aromatic carbocycles. The van der Waals surface area contributed by atoms with Crippen molar-refractivity contribution in [2.75, 3.05) is 12.4 Å². The van der Waals surface area contributed by atoms with Gasteiger partial charge < -0.3 is 20.4 Å². The van der Waals surface area contributed by atoms with E-state index < -0.39 is 0 Å². The second-order valence-electron chi connectivity index (χ2n) is 9.37. The summed E-state index contributed by atoms with van der Waals surface area (Å²) in [6.07, 6.45) is 7.68. The molecular formula is C30H37N5O2. The van der Waals surface area contributed by atoms with E-state index in [2.05, 4.69) is 27.5 Å². The number of anilines is 1. The van der Waals surface area contributed by atoms with Crippen LogP contribution < -0.4 is 10.6 Å². The molecule has 2 aromatic heterocycles. The topological polar surface area (TPSA) is 91.9 Å². The van der Waals surface area contributed by atoms with Crippen LogP contribution in [0.3, 0.4) is 0 Å². The molecule has 5 rings (SSSR count). The van der Waals surface area contributed by atoms with Gasteiger partial charge in [-0.25, -0.2) is 4.98 Å². The lowest BCUT2D eigenvalue weighted by atomic mass is 9.87. The third kappa shape index (κ3) is 6.54. The van der Waals surface area contributed by atoms with Crippen molar-refractivity contribution in [2.45, 2.75) is 58.7 Å². The zero-order chi connectivity index (χ0) is 26.2. The Balaban J connectivity index is 0.00000156. The molecule has 37 heavy (non-hydrogen) atoms. The Morgan fingerprint density at radius 1 is 1.05 bits per heavy atom. The average molecular weight is 500 g/mol. The van der Waals surface area contributed by atoms with Gasteiger partial charge in [0.1, 0.15) is 5.82 Å². The lowest BCUT2D eigenvalue weighted by Crippen LogP contribution is -2.37. The van der Waals surface area contributed by atoms with E-state index in [0.717, 1.165) is 52.4 Å². The Labute approximate surface area is 219 Å². The number of aromatic nitrogens is 3. The molecule has 7 nitrogen and oxygen atoms in total. The number of hydrogen-bond acceptors (Lipinski definition) is 5. The number of fused-ring (bicyclic) bond motifs is 1. The van der Waals surface area contributed by atoms with Gasteiger partial charge in [-0.3, -0.25) is 9.78 Å². The molecule has 1 aliphatic rings. The van der Waals surface area contributed by atoms with Crippen LogP contribution in [0, 0.1) is 5.92 Å². The van der Waals surface area contributed by atoms with Gasteiger partial charge in [-0.2, -0.15) is 0 Å². The number of hydrogen-bond donors (Lipinski definition) is 3. The minimum absolute atomic E-state index is 0.0151. The maximum atomic E-state index is 12.8. The monoisotopic (exact) mass is 499 g/mol. The fourth-order valence-electron chi connectivity index (χ4n) is 4.65. The van der Waals surface area contributed by atoms with Crippen LogP contribution in [-0.2, 0) is 4.74 Å². The predicted molar refractivity (Wildman–Crippen MR) is 149 cm³/mol. The van der Waals surface area contributed by atoms with E-state index in [1.54, 1.807) is 19.5 Å². The van der Waals surface area contributed by atoms with Crippen LogP contribution in [0.15, 0.2) is 67.0 Å². The highest BCUT2D eigenvalue weighted by molar-refractivity contribution is 5.97. The number of methoxy groups -OCH3 is 1. The minimum Gasteiger partial charge on any atom is -0.357 e. The molecular weight excluding hydrogens is 462 g/mol. The zero-order valence-electron chi connectivity index (χ0n) is 22.1. The van der Waals surface area contributed by atoms with E-state index in [-0.39, 0.29) is 18.2 Å². The second-order valence-corrected chi connectivity index (χ2v) is 9.37. The molecule has 0 saturated heterocycles. The Bertz CT molecular complexity index is 1280. The van der Waals surface area contributed by atoms with E-state index >= 15 is 0 Å². The van der Waals surface area contributed by atoms with Gasteiger partial charge >= 0.3 is 0 Å². The van der Waals surface area contributed by atoms with Gasteiger partial charge in [-0.1, -0.05) is 45.0 Å². The largest absolute Gasteiger partial charge is 0.357 e. The summed E-state index contributed by atoms with van der Waals surface area (Å²) in [5.74, 6) is 1.51. The van der Waals surface area contributed by atoms with Crippen molar-refractivity contribution in [1.29, 1.82) is 0 Å². The molecule has 7 heteroatoms. The van der Waals surface area contributed by atoms with Crippen LogP contribution >= 0.6 is 0 Å². The van der Waals surface area contributed by atoms with Gasteiger partial charge in [0.05, 0.1) is 22.9 Å². The van der Waals surface area contributed by atoms with Gasteiger partial charge in [0.25, 0.3) is 5.91 Å². The maximum absolute atomic E-state index is 12.8. The van der Waals surface area contributed by atoms with Crippen LogP contribution in [0.25, 0.3) is 22.4 Å². The number of nitrogens with zero attached hydrogens (tertiary/aromatic N) is 2. The Kier molecular flexibility index (Phi) is 8.90. The quantitative estimate of drug-likeness (QED) is 0.246. The molecule has 1 amide bonds. The fourth-order valence-corrected chi connectivity index (χ4v) is 4.65. The van der Waals surface area contributed by atoms with Crippen LogP contribution in [0.5, 0.6) is 0 Å². The van der Waals surface area contributed by atoms with Gasteiger partial charge in [-0.15, -0.1) is 0 Å². The molecule has 1 atom stereocenters. The van der Waals surface area contributed by atoms with E-state index in [9.17, 15) is 4.79 Å². The fraction of sp³-hybridized carbons (Fsp3) is 0.367. The Morgan fingerprint density at radius 3 is 2.49 bits per heavy atom. The van der Waals surface area contributed by atoms with Crippen molar-refractivity contribution in [2.24, 2.45) is 5.92 Å². The van der Waals surface area contributed by atoms with Crippen LogP contribution in [0.4, 0.5) is 5.69 Å². The van der Waals surface area contributed by atoms with Crippen molar-refractivity contribution in [3.8, 4) is 11.4 Å². The summed E-state index contributed by atoms with van der Waals surface area (Å²) in [5.41, 5.74) is 5.18. The van der Waals surface area contributed by atoms with Gasteiger partial charge in [0.2, 0.25) is 0 Å². The highest BCUT2D eigenvalue weighted by atomic mass is 16.5. The number of amides is 1. The summed E-state index contributed by atoms with van der Waals surface area (Å²) in [7, 11) is 1.67. The Morgan fingerprint density at radius 2 is 1.81 bits per heavy atom. The predicted octanol–water partition coefficient (Wildman–Crippen LogP) is 6.72. The number of rotatable bonds is 7.